The van der Waals surface area contributed by atoms with Gasteiger partial charge in [0.05, 0.1) is 0 Å². The van der Waals surface area contributed by atoms with Gasteiger partial charge in [-0.15, -0.1) is 0 Å². The number of rotatable bonds is 4. The molecule has 0 aliphatic rings. The van der Waals surface area contributed by atoms with Gasteiger partial charge < -0.3 is 0 Å². The van der Waals surface area contributed by atoms with Gasteiger partial charge in [0.1, 0.15) is 0 Å². The first-order valence-corrected chi connectivity index (χ1v) is 6.77. The van der Waals surface area contributed by atoms with Gasteiger partial charge in [0.15, 0.2) is 0 Å². The Balaban J connectivity index is 3.25. The Morgan fingerprint density at radius 1 is 1.44 bits per heavy atom. The van der Waals surface area contributed by atoms with Gasteiger partial charge in [0, 0.05) is 0 Å². The molecule has 0 aromatic rings. The topological polar surface area (TPSA) is 0 Å². The number of hydrogen-bond donors (Lipinski definition) is 0. The van der Waals surface area contributed by atoms with Crippen LogP contribution in [-0.4, -0.2) is 19.8 Å². The van der Waals surface area contributed by atoms with Crippen LogP contribution < -0.4 is 0 Å². The molecule has 0 aliphatic carbocycles. The Bertz CT molecular complexity index is 76.6. The molecule has 0 nitrogen and oxygen atoms in total. The zero-order chi connectivity index (χ0) is 7.11. The summed E-state index contributed by atoms with van der Waals surface area (Å²) in [5.74, 6) is 0. The van der Waals surface area contributed by atoms with Gasteiger partial charge in [-0.25, -0.2) is 0 Å². The summed E-state index contributed by atoms with van der Waals surface area (Å²) in [6.07, 6.45) is 4.13. The van der Waals surface area contributed by atoms with E-state index in [1.165, 1.54) is 19.3 Å². The monoisotopic (exact) mass is 188 g/mol. The molecular formula is C8H18Ge. The summed E-state index contributed by atoms with van der Waals surface area (Å²) in [5.41, 5.74) is 0. The van der Waals surface area contributed by atoms with Crippen LogP contribution in [0.15, 0.2) is 0 Å². The standard InChI is InChI=1S/C8H18Ge/c1-4-6-8(3)9-7-5-2/h7-9H,4-6H2,1-3H3. The summed E-state index contributed by atoms with van der Waals surface area (Å²) in [6, 6.07) is 0. The van der Waals surface area contributed by atoms with Crippen molar-refractivity contribution in [1.82, 2.24) is 0 Å². The summed E-state index contributed by atoms with van der Waals surface area (Å²) in [4.78, 5) is 2.53. The molecule has 1 unspecified atom stereocenters. The van der Waals surface area contributed by atoms with E-state index in [1.54, 1.807) is 0 Å². The van der Waals surface area contributed by atoms with E-state index in [9.17, 15) is 0 Å². The van der Waals surface area contributed by atoms with Crippen molar-refractivity contribution >= 4 is 19.8 Å². The molecule has 0 radical (unpaired) electrons. The molecule has 0 fully saturated rings. The molecule has 0 saturated heterocycles. The van der Waals surface area contributed by atoms with E-state index in [0.717, 1.165) is 4.75 Å². The summed E-state index contributed by atoms with van der Waals surface area (Å²) in [6.45, 7) is 6.92. The molecule has 0 bridgehead atoms. The second-order valence-electron chi connectivity index (χ2n) is 2.60. The third-order valence-corrected chi connectivity index (χ3v) is 5.08. The molecule has 0 saturated carbocycles. The van der Waals surface area contributed by atoms with E-state index in [-0.39, 0.29) is 15.0 Å². The second kappa shape index (κ2) is 6.53. The molecular weight excluding hydrogens is 169 g/mol. The third-order valence-electron chi connectivity index (χ3n) is 1.44. The summed E-state index contributed by atoms with van der Waals surface area (Å²) in [5, 5.41) is 0. The fourth-order valence-electron chi connectivity index (χ4n) is 0.920. The molecule has 0 N–H and O–H groups in total. The minimum atomic E-state index is 0.0609. The van der Waals surface area contributed by atoms with Crippen molar-refractivity contribution in [2.24, 2.45) is 0 Å². The zero-order valence-electron chi connectivity index (χ0n) is 6.85. The third kappa shape index (κ3) is 6.30. The van der Waals surface area contributed by atoms with E-state index < -0.39 is 0 Å². The average Bonchev–Trinajstić information content (AvgIpc) is 1.85. The molecule has 0 amide bonds. The summed E-state index contributed by atoms with van der Waals surface area (Å²) >= 11 is 0.0609. The van der Waals surface area contributed by atoms with Crippen molar-refractivity contribution in [1.29, 1.82) is 0 Å². The first-order chi connectivity index (χ1) is 4.31. The Hall–Kier alpha value is 0.413. The molecule has 0 spiro atoms. The Kier molecular flexibility index (Phi) is 6.83. The van der Waals surface area contributed by atoms with Crippen LogP contribution in [0.4, 0.5) is 0 Å². The van der Waals surface area contributed by atoms with Gasteiger partial charge in [0.25, 0.3) is 0 Å². The van der Waals surface area contributed by atoms with Crippen LogP contribution in [0, 0.1) is 0 Å². The molecule has 0 heterocycles. The van der Waals surface area contributed by atoms with Crippen LogP contribution in [0.1, 0.15) is 40.0 Å². The Morgan fingerprint density at radius 2 is 2.11 bits per heavy atom. The van der Waals surface area contributed by atoms with E-state index in [2.05, 4.69) is 25.6 Å². The predicted octanol–water partition coefficient (Wildman–Crippen LogP) is 2.24. The van der Waals surface area contributed by atoms with E-state index in [4.69, 9.17) is 0 Å². The van der Waals surface area contributed by atoms with Crippen LogP contribution in [0.2, 0.25) is 4.75 Å². The number of hydrogen-bond acceptors (Lipinski definition) is 0. The summed E-state index contributed by atoms with van der Waals surface area (Å²) < 4.78 is 1.07. The summed E-state index contributed by atoms with van der Waals surface area (Å²) in [7, 11) is 0. The second-order valence-corrected chi connectivity index (χ2v) is 6.79. The van der Waals surface area contributed by atoms with Gasteiger partial charge in [-0.3, -0.25) is 0 Å². The zero-order valence-corrected chi connectivity index (χ0v) is 9.28. The molecule has 54 valence electrons. The average molecular weight is 187 g/mol. The first kappa shape index (κ1) is 9.41. The molecule has 0 aromatic heterocycles. The SMILES string of the molecule is CC[CH]=[GeH][CH](C)CCC. The molecule has 1 heteroatoms. The fourth-order valence-corrected chi connectivity index (χ4v) is 3.57. The minimum absolute atomic E-state index is 0.0609. The molecule has 0 rings (SSSR count). The molecule has 1 atom stereocenters. The Morgan fingerprint density at radius 3 is 2.56 bits per heavy atom. The predicted molar refractivity (Wildman–Crippen MR) is 47.8 cm³/mol. The van der Waals surface area contributed by atoms with Crippen LogP contribution in [0.3, 0.4) is 0 Å². The van der Waals surface area contributed by atoms with Crippen molar-refractivity contribution < 1.29 is 0 Å². The quantitative estimate of drug-likeness (QED) is 0.591. The van der Waals surface area contributed by atoms with Gasteiger partial charge in [-0.1, -0.05) is 0 Å². The normalized spacial score (nSPS) is 14.6. The van der Waals surface area contributed by atoms with Crippen molar-refractivity contribution in [2.45, 2.75) is 44.8 Å². The van der Waals surface area contributed by atoms with Crippen LogP contribution in [0.25, 0.3) is 0 Å². The van der Waals surface area contributed by atoms with E-state index in [0.29, 0.717) is 0 Å². The van der Waals surface area contributed by atoms with Crippen molar-refractivity contribution in [3.05, 3.63) is 0 Å². The maximum atomic E-state index is 2.53. The van der Waals surface area contributed by atoms with Crippen LogP contribution >= 0.6 is 0 Å². The van der Waals surface area contributed by atoms with Crippen molar-refractivity contribution in [3.63, 3.8) is 0 Å². The van der Waals surface area contributed by atoms with Crippen LogP contribution in [-0.2, 0) is 0 Å². The van der Waals surface area contributed by atoms with Gasteiger partial charge in [-0.05, 0) is 0 Å². The van der Waals surface area contributed by atoms with Gasteiger partial charge >= 0.3 is 64.6 Å². The first-order valence-electron chi connectivity index (χ1n) is 3.97. The van der Waals surface area contributed by atoms with Crippen molar-refractivity contribution in [2.75, 3.05) is 0 Å². The van der Waals surface area contributed by atoms with Gasteiger partial charge in [0.2, 0.25) is 0 Å². The van der Waals surface area contributed by atoms with E-state index >= 15 is 0 Å². The fraction of sp³-hybridized carbons (Fsp3) is 0.875. The molecule has 0 aliphatic heterocycles. The Labute approximate surface area is 65.1 Å². The van der Waals surface area contributed by atoms with Gasteiger partial charge in [-0.2, -0.15) is 0 Å². The maximum absolute atomic E-state index is 2.53. The molecule has 9 heavy (non-hydrogen) atoms. The molecule has 0 aromatic carbocycles. The van der Waals surface area contributed by atoms with E-state index in [1.807, 2.05) is 0 Å². The van der Waals surface area contributed by atoms with Crippen LogP contribution in [0.5, 0.6) is 0 Å². The van der Waals surface area contributed by atoms with Crippen molar-refractivity contribution in [3.8, 4) is 0 Å².